The first kappa shape index (κ1) is 13.8. The predicted molar refractivity (Wildman–Crippen MR) is 91.3 cm³/mol. The Morgan fingerprint density at radius 2 is 2.00 bits per heavy atom. The Kier molecular flexibility index (Phi) is 3.71. The van der Waals surface area contributed by atoms with Crippen LogP contribution in [0.4, 0.5) is 0 Å². The molecule has 21 heavy (non-hydrogen) atoms. The van der Waals surface area contributed by atoms with E-state index in [1.807, 2.05) is 18.2 Å². The smallest absolute Gasteiger partial charge is 0.141 e. The highest BCUT2D eigenvalue weighted by Crippen LogP contribution is 2.25. The highest BCUT2D eigenvalue weighted by atomic mass is 32.1. The number of rotatable bonds is 4. The van der Waals surface area contributed by atoms with Crippen molar-refractivity contribution in [3.05, 3.63) is 54.1 Å². The average Bonchev–Trinajstić information content (AvgIpc) is 2.84. The highest BCUT2D eigenvalue weighted by molar-refractivity contribution is 7.80. The maximum absolute atomic E-state index is 5.66. The zero-order valence-electron chi connectivity index (χ0n) is 11.9. The molecule has 3 nitrogen and oxygen atoms in total. The molecule has 1 heterocycles. The van der Waals surface area contributed by atoms with E-state index >= 15 is 0 Å². The van der Waals surface area contributed by atoms with Gasteiger partial charge in [0.15, 0.2) is 0 Å². The number of nitrogens with two attached hydrogens (primary N) is 1. The van der Waals surface area contributed by atoms with Crippen LogP contribution in [0.25, 0.3) is 22.4 Å². The fourth-order valence-corrected chi connectivity index (χ4v) is 2.62. The van der Waals surface area contributed by atoms with Crippen LogP contribution in [0.3, 0.4) is 0 Å². The Morgan fingerprint density at radius 1 is 1.19 bits per heavy atom. The van der Waals surface area contributed by atoms with Gasteiger partial charge in [-0.3, -0.25) is 0 Å². The molecule has 0 spiro atoms. The predicted octanol–water partition coefficient (Wildman–Crippen LogP) is 3.69. The summed E-state index contributed by atoms with van der Waals surface area (Å²) in [4.78, 5) is 5.31. The van der Waals surface area contributed by atoms with Gasteiger partial charge in [0.1, 0.15) is 5.82 Å². The van der Waals surface area contributed by atoms with Gasteiger partial charge in [0, 0.05) is 18.5 Å². The van der Waals surface area contributed by atoms with Crippen molar-refractivity contribution in [1.82, 2.24) is 9.55 Å². The number of aromatic nitrogens is 2. The van der Waals surface area contributed by atoms with E-state index in [9.17, 15) is 0 Å². The van der Waals surface area contributed by atoms with Crippen molar-refractivity contribution < 1.29 is 0 Å². The van der Waals surface area contributed by atoms with E-state index in [1.165, 1.54) is 5.56 Å². The van der Waals surface area contributed by atoms with Gasteiger partial charge in [-0.15, -0.1) is 0 Å². The molecule has 1 aromatic heterocycles. The summed E-state index contributed by atoms with van der Waals surface area (Å²) in [6.45, 7) is 2.84. The first-order valence-corrected chi connectivity index (χ1v) is 7.36. The quantitative estimate of drug-likeness (QED) is 0.747. The number of para-hydroxylation sites is 2. The molecule has 0 aliphatic rings. The third kappa shape index (κ3) is 2.81. The molecule has 0 aliphatic carbocycles. The Bertz CT molecular complexity index is 805. The van der Waals surface area contributed by atoms with Crippen LogP contribution in [-0.2, 0) is 6.54 Å². The average molecular weight is 295 g/mol. The van der Waals surface area contributed by atoms with E-state index in [0.29, 0.717) is 11.4 Å². The Morgan fingerprint density at radius 3 is 2.76 bits per heavy atom. The zero-order valence-corrected chi connectivity index (χ0v) is 12.7. The van der Waals surface area contributed by atoms with Crippen LogP contribution in [0, 0.1) is 6.92 Å². The lowest BCUT2D eigenvalue weighted by Gasteiger charge is -2.09. The minimum absolute atomic E-state index is 0.531. The summed E-state index contributed by atoms with van der Waals surface area (Å²) in [6.07, 6.45) is 0.675. The van der Waals surface area contributed by atoms with E-state index in [1.54, 1.807) is 0 Å². The second-order valence-corrected chi connectivity index (χ2v) is 5.69. The Balaban J connectivity index is 2.16. The number of fused-ring (bicyclic) bond motifs is 1. The number of imidazole rings is 1. The molecule has 3 aromatic rings. The van der Waals surface area contributed by atoms with Gasteiger partial charge in [-0.25, -0.2) is 4.98 Å². The van der Waals surface area contributed by atoms with Gasteiger partial charge in [-0.05, 0) is 25.1 Å². The molecule has 2 aromatic carbocycles. The molecule has 0 bridgehead atoms. The van der Waals surface area contributed by atoms with Crippen LogP contribution in [0.2, 0.25) is 0 Å². The summed E-state index contributed by atoms with van der Waals surface area (Å²) in [7, 11) is 0. The summed E-state index contributed by atoms with van der Waals surface area (Å²) in [5, 5.41) is 0. The van der Waals surface area contributed by atoms with Gasteiger partial charge in [0.05, 0.1) is 16.0 Å². The SMILES string of the molecule is Cc1cccc(-c2nc3ccccc3n2CCC(N)=S)c1. The van der Waals surface area contributed by atoms with Crippen LogP contribution < -0.4 is 5.73 Å². The summed E-state index contributed by atoms with van der Waals surface area (Å²) >= 11 is 5.02. The minimum atomic E-state index is 0.531. The maximum atomic E-state index is 5.66. The van der Waals surface area contributed by atoms with Gasteiger partial charge in [-0.2, -0.15) is 0 Å². The van der Waals surface area contributed by atoms with Gasteiger partial charge >= 0.3 is 0 Å². The van der Waals surface area contributed by atoms with Crippen LogP contribution in [0.5, 0.6) is 0 Å². The van der Waals surface area contributed by atoms with Crippen molar-refractivity contribution in [3.63, 3.8) is 0 Å². The van der Waals surface area contributed by atoms with E-state index < -0.39 is 0 Å². The fraction of sp³-hybridized carbons (Fsp3) is 0.176. The lowest BCUT2D eigenvalue weighted by Crippen LogP contribution is -2.12. The molecule has 0 saturated heterocycles. The molecule has 0 amide bonds. The summed E-state index contributed by atoms with van der Waals surface area (Å²) < 4.78 is 2.20. The molecule has 0 radical (unpaired) electrons. The molecular formula is C17H17N3S. The molecule has 3 rings (SSSR count). The number of aryl methyl sites for hydroxylation is 2. The van der Waals surface area contributed by atoms with Crippen molar-refractivity contribution in [3.8, 4) is 11.4 Å². The molecule has 0 fully saturated rings. The van der Waals surface area contributed by atoms with Crippen molar-refractivity contribution in [2.75, 3.05) is 0 Å². The maximum Gasteiger partial charge on any atom is 0.141 e. The summed E-state index contributed by atoms with van der Waals surface area (Å²) in [6, 6.07) is 16.5. The normalized spacial score (nSPS) is 10.9. The standard InChI is InChI=1S/C17H17N3S/c1-12-5-4-6-13(11-12)17-19-14-7-2-3-8-15(14)20(17)10-9-16(18)21/h2-8,11H,9-10H2,1H3,(H2,18,21). The topological polar surface area (TPSA) is 43.8 Å². The van der Waals surface area contributed by atoms with E-state index in [0.717, 1.165) is 29.0 Å². The number of nitrogens with zero attached hydrogens (tertiary/aromatic N) is 2. The van der Waals surface area contributed by atoms with Crippen LogP contribution in [0.1, 0.15) is 12.0 Å². The number of thiocarbonyl (C=S) groups is 1. The monoisotopic (exact) mass is 295 g/mol. The van der Waals surface area contributed by atoms with Crippen molar-refractivity contribution in [2.45, 2.75) is 19.9 Å². The van der Waals surface area contributed by atoms with Crippen molar-refractivity contribution in [2.24, 2.45) is 5.73 Å². The molecule has 0 aliphatic heterocycles. The first-order valence-electron chi connectivity index (χ1n) is 6.96. The molecule has 4 heteroatoms. The molecule has 0 saturated carbocycles. The fourth-order valence-electron chi connectivity index (χ4n) is 2.53. The zero-order chi connectivity index (χ0) is 14.8. The largest absolute Gasteiger partial charge is 0.393 e. The van der Waals surface area contributed by atoms with E-state index in [-0.39, 0.29) is 0 Å². The molecule has 2 N–H and O–H groups in total. The van der Waals surface area contributed by atoms with Gasteiger partial charge in [0.2, 0.25) is 0 Å². The van der Waals surface area contributed by atoms with Crippen LogP contribution >= 0.6 is 12.2 Å². The van der Waals surface area contributed by atoms with E-state index in [4.69, 9.17) is 22.9 Å². The van der Waals surface area contributed by atoms with Crippen molar-refractivity contribution >= 4 is 28.2 Å². The third-order valence-electron chi connectivity index (χ3n) is 3.51. The Hall–Kier alpha value is -2.20. The molecule has 0 atom stereocenters. The van der Waals surface area contributed by atoms with Crippen molar-refractivity contribution in [1.29, 1.82) is 0 Å². The van der Waals surface area contributed by atoms with E-state index in [2.05, 4.69) is 41.8 Å². The lowest BCUT2D eigenvalue weighted by atomic mass is 10.1. The lowest BCUT2D eigenvalue weighted by molar-refractivity contribution is 0.757. The molecule has 0 unspecified atom stereocenters. The van der Waals surface area contributed by atoms with Crippen LogP contribution in [0.15, 0.2) is 48.5 Å². The number of hydrogen-bond donors (Lipinski definition) is 1. The highest BCUT2D eigenvalue weighted by Gasteiger charge is 2.12. The number of benzene rings is 2. The molecular weight excluding hydrogens is 278 g/mol. The second-order valence-electron chi connectivity index (χ2n) is 5.16. The van der Waals surface area contributed by atoms with Gasteiger partial charge in [0.25, 0.3) is 0 Å². The third-order valence-corrected chi connectivity index (χ3v) is 3.72. The number of hydrogen-bond acceptors (Lipinski definition) is 2. The van der Waals surface area contributed by atoms with Gasteiger partial charge < -0.3 is 10.3 Å². The second kappa shape index (κ2) is 5.66. The van der Waals surface area contributed by atoms with Crippen LogP contribution in [-0.4, -0.2) is 14.5 Å². The first-order chi connectivity index (χ1) is 10.1. The minimum Gasteiger partial charge on any atom is -0.393 e. The summed E-state index contributed by atoms with van der Waals surface area (Å²) in [5.41, 5.74) is 10.1. The summed E-state index contributed by atoms with van der Waals surface area (Å²) in [5.74, 6) is 0.969. The Labute approximate surface area is 129 Å². The molecule has 106 valence electrons. The van der Waals surface area contributed by atoms with Gasteiger partial charge in [-0.1, -0.05) is 48.1 Å².